The first-order chi connectivity index (χ1) is 24.2. The maximum atomic E-state index is 13.4. The molecule has 2 amide bonds. The first-order valence-electron chi connectivity index (χ1n) is 20.7. The van der Waals surface area contributed by atoms with E-state index in [2.05, 4.69) is 115 Å². The van der Waals surface area contributed by atoms with Crippen LogP contribution in [0.25, 0.3) is 0 Å². The van der Waals surface area contributed by atoms with Crippen molar-refractivity contribution in [3.05, 3.63) is 36.0 Å². The van der Waals surface area contributed by atoms with E-state index in [4.69, 9.17) is 19.3 Å². The minimum Gasteiger partial charge on any atom is -0.446 e. The molecule has 0 aromatic rings. The molecule has 1 aliphatic rings. The maximum absolute atomic E-state index is 13.4. The third-order valence-corrected chi connectivity index (χ3v) is 21.6. The van der Waals surface area contributed by atoms with E-state index in [1.807, 2.05) is 37.1 Å². The van der Waals surface area contributed by atoms with Gasteiger partial charge in [-0.2, -0.15) is 0 Å². The van der Waals surface area contributed by atoms with Crippen molar-refractivity contribution in [2.24, 2.45) is 35.3 Å². The van der Waals surface area contributed by atoms with Gasteiger partial charge >= 0.3 is 6.09 Å². The summed E-state index contributed by atoms with van der Waals surface area (Å²) in [6.07, 6.45) is 17.3. The molecule has 53 heavy (non-hydrogen) atoms. The minimum atomic E-state index is -2.17. The average molecular weight is 777 g/mol. The summed E-state index contributed by atoms with van der Waals surface area (Å²) in [5.74, 6) is 1.24. The molecular weight excluding hydrogens is 693 g/mol. The lowest BCUT2D eigenvalue weighted by molar-refractivity contribution is -0.132. The topological polar surface area (TPSA) is 91.1 Å². The van der Waals surface area contributed by atoms with Crippen LogP contribution in [0.3, 0.4) is 0 Å². The molecule has 0 aromatic carbocycles. The van der Waals surface area contributed by atoms with Crippen LogP contribution < -0.4 is 5.73 Å². The van der Waals surface area contributed by atoms with E-state index in [1.54, 1.807) is 0 Å². The first-order valence-corrected chi connectivity index (χ1v) is 26.6. The van der Waals surface area contributed by atoms with Crippen molar-refractivity contribution in [2.75, 3.05) is 13.6 Å². The quantitative estimate of drug-likeness (QED) is 0.0755. The number of nitrogens with zero attached hydrogens (tertiary/aromatic N) is 1. The van der Waals surface area contributed by atoms with Gasteiger partial charge < -0.3 is 24.2 Å². The van der Waals surface area contributed by atoms with Gasteiger partial charge in [0, 0.05) is 32.4 Å². The minimum absolute atomic E-state index is 0.0245. The van der Waals surface area contributed by atoms with Crippen molar-refractivity contribution in [2.45, 2.75) is 189 Å². The molecule has 0 unspecified atom stereocenters. The second kappa shape index (κ2) is 21.6. The fourth-order valence-electron chi connectivity index (χ4n) is 7.12. The largest absolute Gasteiger partial charge is 0.446 e. The van der Waals surface area contributed by atoms with Gasteiger partial charge in [-0.15, -0.1) is 0 Å². The van der Waals surface area contributed by atoms with Gasteiger partial charge in [-0.3, -0.25) is 4.79 Å². The van der Waals surface area contributed by atoms with Crippen LogP contribution >= 0.6 is 0 Å². The van der Waals surface area contributed by atoms with Crippen LogP contribution in [0.4, 0.5) is 4.79 Å². The summed E-state index contributed by atoms with van der Waals surface area (Å²) in [5, 5.41) is 0.0922. The van der Waals surface area contributed by atoms with E-state index in [9.17, 15) is 9.59 Å². The number of carbonyl (C=O) groups is 2. The van der Waals surface area contributed by atoms with Gasteiger partial charge in [0.2, 0.25) is 5.91 Å². The molecular formula is C44H84N2O5Si2. The third-order valence-electron chi connectivity index (χ3n) is 12.6. The summed E-state index contributed by atoms with van der Waals surface area (Å²) in [6, 6.07) is 0. The lowest BCUT2D eigenvalue weighted by atomic mass is 9.86. The number of amides is 2. The zero-order chi connectivity index (χ0) is 40.9. The molecule has 1 saturated carbocycles. The van der Waals surface area contributed by atoms with E-state index in [0.29, 0.717) is 25.3 Å². The van der Waals surface area contributed by atoms with Gasteiger partial charge in [-0.1, -0.05) is 124 Å². The van der Waals surface area contributed by atoms with Crippen molar-refractivity contribution in [1.82, 2.24) is 4.90 Å². The average Bonchev–Trinajstić information content (AvgIpc) is 3.01. The SMILES string of the molecule is CC=CC=C[C@H](C)[C@H](C[C@@H](O[Si](C)(C)C(C)(C)C)[C@@H](C)CC(C)=C[C@H](C)[C@@H](O[Si](C)(C)C(C)(C)C)[C@@H](C)CN(C)C(=O)CC1CCCCC1)OC(N)=O. The summed E-state index contributed by atoms with van der Waals surface area (Å²) in [6.45, 7) is 36.7. The Labute approximate surface area is 329 Å². The molecule has 1 aliphatic carbocycles. The summed E-state index contributed by atoms with van der Waals surface area (Å²) < 4.78 is 20.1. The van der Waals surface area contributed by atoms with Crippen molar-refractivity contribution in [1.29, 1.82) is 0 Å². The number of allylic oxidation sites excluding steroid dienone is 4. The predicted octanol–water partition coefficient (Wildman–Crippen LogP) is 12.1. The fraction of sp³-hybridized carbons (Fsp3) is 0.818. The first kappa shape index (κ1) is 49.3. The molecule has 0 bridgehead atoms. The van der Waals surface area contributed by atoms with Gasteiger partial charge in [0.25, 0.3) is 0 Å². The molecule has 0 heterocycles. The summed E-state index contributed by atoms with van der Waals surface area (Å²) in [4.78, 5) is 27.5. The van der Waals surface area contributed by atoms with E-state index in [1.165, 1.54) is 37.7 Å². The standard InChI is InChI=1S/C44H84N2O5Si2/c1-18-19-21-24-33(3)38(49-42(45)48)30-39(50-52(14,15)43(7,8)9)34(4)27-32(2)28-35(5)41(51-53(16,17)44(10,11)12)36(6)31-46(13)40(47)29-37-25-22-20-23-26-37/h18-19,21,24,28,33-39,41H,20,22-23,25-27,29-31H2,1-17H3,(H2,45,48)/t33-,34-,35-,36-,38-,39+,41+/m0/s1. The van der Waals surface area contributed by atoms with Crippen molar-refractivity contribution < 1.29 is 23.2 Å². The van der Waals surface area contributed by atoms with Gasteiger partial charge in [0.1, 0.15) is 6.10 Å². The second-order valence-corrected chi connectivity index (χ2v) is 29.3. The highest BCUT2D eigenvalue weighted by molar-refractivity contribution is 6.74. The van der Waals surface area contributed by atoms with Crippen LogP contribution in [-0.2, 0) is 18.4 Å². The molecule has 0 aliphatic heterocycles. The highest BCUT2D eigenvalue weighted by Gasteiger charge is 2.43. The molecule has 0 spiro atoms. The normalized spacial score (nSPS) is 19.8. The molecule has 1 fully saturated rings. The van der Waals surface area contributed by atoms with Crippen LogP contribution in [0.1, 0.15) is 134 Å². The molecule has 7 nitrogen and oxygen atoms in total. The van der Waals surface area contributed by atoms with Crippen LogP contribution in [0.5, 0.6) is 0 Å². The fourth-order valence-corrected chi connectivity index (χ4v) is 10.0. The molecule has 2 N–H and O–H groups in total. The van der Waals surface area contributed by atoms with Gasteiger partial charge in [0.05, 0.1) is 12.2 Å². The number of hydrogen-bond donors (Lipinski definition) is 1. The van der Waals surface area contributed by atoms with E-state index in [-0.39, 0.29) is 51.9 Å². The molecule has 0 radical (unpaired) electrons. The highest BCUT2D eigenvalue weighted by atomic mass is 28.4. The zero-order valence-corrected chi connectivity index (χ0v) is 39.4. The van der Waals surface area contributed by atoms with Crippen LogP contribution in [0.15, 0.2) is 36.0 Å². The van der Waals surface area contributed by atoms with E-state index >= 15 is 0 Å². The molecule has 0 saturated heterocycles. The number of primary amides is 1. The molecule has 1 rings (SSSR count). The summed E-state index contributed by atoms with van der Waals surface area (Å²) in [5.41, 5.74) is 6.90. The molecule has 0 aromatic heterocycles. The van der Waals surface area contributed by atoms with Crippen LogP contribution in [0, 0.1) is 29.6 Å². The van der Waals surface area contributed by atoms with Crippen LogP contribution in [-0.4, -0.2) is 65.4 Å². The lowest BCUT2D eigenvalue weighted by Crippen LogP contribution is -2.49. The number of carbonyl (C=O) groups excluding carboxylic acids is 2. The molecule has 308 valence electrons. The third kappa shape index (κ3) is 16.9. The van der Waals surface area contributed by atoms with Gasteiger partial charge in [-0.25, -0.2) is 4.79 Å². The van der Waals surface area contributed by atoms with Crippen molar-refractivity contribution in [3.63, 3.8) is 0 Å². The Hall–Kier alpha value is -1.69. The van der Waals surface area contributed by atoms with E-state index in [0.717, 1.165) is 6.42 Å². The number of ether oxygens (including phenoxy) is 1. The Bertz CT molecular complexity index is 1210. The Morgan fingerprint density at radius 3 is 1.89 bits per heavy atom. The molecule has 7 atom stereocenters. The Morgan fingerprint density at radius 1 is 0.830 bits per heavy atom. The predicted molar refractivity (Wildman–Crippen MR) is 231 cm³/mol. The Kier molecular flexibility index (Phi) is 20.1. The van der Waals surface area contributed by atoms with Gasteiger partial charge in [-0.05, 0) is 93.0 Å². The Balaban J connectivity index is 3.40. The van der Waals surface area contributed by atoms with Crippen molar-refractivity contribution >= 4 is 28.6 Å². The lowest BCUT2D eigenvalue weighted by Gasteiger charge is -2.43. The zero-order valence-electron chi connectivity index (χ0n) is 37.4. The van der Waals surface area contributed by atoms with Crippen molar-refractivity contribution in [3.8, 4) is 0 Å². The summed E-state index contributed by atoms with van der Waals surface area (Å²) >= 11 is 0. The monoisotopic (exact) mass is 777 g/mol. The molecule has 9 heteroatoms. The van der Waals surface area contributed by atoms with Crippen LogP contribution in [0.2, 0.25) is 36.3 Å². The van der Waals surface area contributed by atoms with E-state index < -0.39 is 28.8 Å². The summed E-state index contributed by atoms with van der Waals surface area (Å²) in [7, 11) is -2.31. The van der Waals surface area contributed by atoms with Gasteiger partial charge in [0.15, 0.2) is 16.6 Å². The number of rotatable bonds is 20. The maximum Gasteiger partial charge on any atom is 0.404 e. The smallest absolute Gasteiger partial charge is 0.404 e. The number of hydrogen-bond acceptors (Lipinski definition) is 5. The number of nitrogens with two attached hydrogens (primary N) is 1. The highest BCUT2D eigenvalue weighted by Crippen LogP contribution is 2.41. The Morgan fingerprint density at radius 2 is 1.38 bits per heavy atom. The second-order valence-electron chi connectivity index (χ2n) is 19.8.